The quantitative estimate of drug-likeness (QED) is 0.522. The minimum absolute atomic E-state index is 0.111. The highest BCUT2D eigenvalue weighted by molar-refractivity contribution is 14.1. The number of carboxylic acids is 1. The summed E-state index contributed by atoms with van der Waals surface area (Å²) in [6, 6.07) is 3.48. The summed E-state index contributed by atoms with van der Waals surface area (Å²) in [6.07, 6.45) is 6.77. The van der Waals surface area contributed by atoms with Crippen molar-refractivity contribution in [2.45, 2.75) is 54.7 Å². The van der Waals surface area contributed by atoms with Crippen molar-refractivity contribution in [1.82, 2.24) is 0 Å². The van der Waals surface area contributed by atoms with E-state index in [4.69, 9.17) is 16.7 Å². The van der Waals surface area contributed by atoms with Crippen molar-refractivity contribution < 1.29 is 18.3 Å². The van der Waals surface area contributed by atoms with Gasteiger partial charge < -0.3 is 5.11 Å². The molecule has 0 saturated heterocycles. The van der Waals surface area contributed by atoms with Crippen LogP contribution in [-0.4, -0.2) is 31.1 Å². The predicted molar refractivity (Wildman–Crippen MR) is 99.1 cm³/mol. The third-order valence-corrected chi connectivity index (χ3v) is 6.62. The van der Waals surface area contributed by atoms with Crippen molar-refractivity contribution >= 4 is 50.0 Å². The number of halogens is 2. The molecule has 0 radical (unpaired) electrons. The summed E-state index contributed by atoms with van der Waals surface area (Å²) in [4.78, 5) is 11.3. The Morgan fingerprint density at radius 1 is 1.35 bits per heavy atom. The van der Waals surface area contributed by atoms with Gasteiger partial charge in [-0.2, -0.15) is 0 Å². The molecule has 1 atom stereocenters. The molecular formula is C16H20ClIO4S. The maximum Gasteiger partial charge on any atom is 0.321 e. The van der Waals surface area contributed by atoms with E-state index in [0.717, 1.165) is 34.8 Å². The SMILES string of the molecule is CS(=O)(=O)c1cc(CC(Cl)C(=O)O)cc(I)c1C1CCCCC1. The van der Waals surface area contributed by atoms with Crippen molar-refractivity contribution in [3.63, 3.8) is 0 Å². The van der Waals surface area contributed by atoms with Gasteiger partial charge in [0.05, 0.1) is 4.90 Å². The highest BCUT2D eigenvalue weighted by atomic mass is 127. The van der Waals surface area contributed by atoms with Gasteiger partial charge in [0.15, 0.2) is 9.84 Å². The molecule has 1 aliphatic rings. The molecule has 1 fully saturated rings. The topological polar surface area (TPSA) is 71.4 Å². The van der Waals surface area contributed by atoms with Crippen LogP contribution in [-0.2, 0) is 21.1 Å². The Labute approximate surface area is 155 Å². The Morgan fingerprint density at radius 2 is 1.96 bits per heavy atom. The van der Waals surface area contributed by atoms with Crippen LogP contribution in [0.1, 0.15) is 49.1 Å². The standard InChI is InChI=1S/C16H20ClIO4S/c1-23(21,22)14-9-10(7-12(17)16(19)20)8-13(18)15(14)11-5-3-2-4-6-11/h8-9,11-12H,2-7H2,1H3,(H,19,20). The number of carboxylic acid groups (broad SMARTS) is 1. The van der Waals surface area contributed by atoms with Gasteiger partial charge in [-0.05, 0) is 71.0 Å². The smallest absolute Gasteiger partial charge is 0.321 e. The van der Waals surface area contributed by atoms with Gasteiger partial charge in [-0.15, -0.1) is 11.6 Å². The van der Waals surface area contributed by atoms with Crippen LogP contribution in [0, 0.1) is 3.57 Å². The first kappa shape index (κ1) is 19.0. The second kappa shape index (κ2) is 7.70. The van der Waals surface area contributed by atoms with Crippen LogP contribution in [0.3, 0.4) is 0 Å². The molecule has 0 amide bonds. The molecular weight excluding hydrogens is 451 g/mol. The van der Waals surface area contributed by atoms with Gasteiger partial charge in [0, 0.05) is 9.83 Å². The van der Waals surface area contributed by atoms with Crippen molar-refractivity contribution in [3.05, 3.63) is 26.8 Å². The molecule has 0 aliphatic heterocycles. The average Bonchev–Trinajstić information content (AvgIpc) is 2.46. The van der Waals surface area contributed by atoms with Gasteiger partial charge in [0.25, 0.3) is 0 Å². The number of hydrogen-bond donors (Lipinski definition) is 1. The van der Waals surface area contributed by atoms with E-state index in [9.17, 15) is 13.2 Å². The molecule has 0 bridgehead atoms. The molecule has 2 rings (SSSR count). The van der Waals surface area contributed by atoms with Crippen LogP contribution in [0.5, 0.6) is 0 Å². The molecule has 1 saturated carbocycles. The van der Waals surface area contributed by atoms with Crippen molar-refractivity contribution in [1.29, 1.82) is 0 Å². The molecule has 7 heteroatoms. The largest absolute Gasteiger partial charge is 0.480 e. The van der Waals surface area contributed by atoms with E-state index in [1.807, 2.05) is 6.07 Å². The Hall–Kier alpha value is -0.340. The van der Waals surface area contributed by atoms with E-state index < -0.39 is 21.2 Å². The third kappa shape index (κ3) is 4.82. The fourth-order valence-corrected chi connectivity index (χ4v) is 5.69. The van der Waals surface area contributed by atoms with E-state index in [1.54, 1.807) is 6.07 Å². The fraction of sp³-hybridized carbons (Fsp3) is 0.562. The Balaban J connectivity index is 2.48. The molecule has 1 aliphatic carbocycles. The number of benzene rings is 1. The van der Waals surface area contributed by atoms with E-state index in [2.05, 4.69) is 22.6 Å². The lowest BCUT2D eigenvalue weighted by molar-refractivity contribution is -0.136. The van der Waals surface area contributed by atoms with Crippen LogP contribution in [0.4, 0.5) is 0 Å². The number of sulfone groups is 1. The third-order valence-electron chi connectivity index (χ3n) is 4.25. The molecule has 0 aromatic heterocycles. The number of carbonyl (C=O) groups is 1. The summed E-state index contributed by atoms with van der Waals surface area (Å²) < 4.78 is 25.4. The zero-order valence-corrected chi connectivity index (χ0v) is 16.6. The summed E-state index contributed by atoms with van der Waals surface area (Å²) in [5.74, 6) is -0.834. The summed E-state index contributed by atoms with van der Waals surface area (Å²) in [5.41, 5.74) is 1.55. The van der Waals surface area contributed by atoms with Gasteiger partial charge in [0.2, 0.25) is 0 Å². The van der Waals surface area contributed by atoms with Crippen LogP contribution in [0.15, 0.2) is 17.0 Å². The molecule has 1 aromatic carbocycles. The molecule has 23 heavy (non-hydrogen) atoms. The molecule has 4 nitrogen and oxygen atoms in total. The molecule has 0 heterocycles. The first-order chi connectivity index (χ1) is 10.7. The van der Waals surface area contributed by atoms with Crippen molar-refractivity contribution in [3.8, 4) is 0 Å². The van der Waals surface area contributed by atoms with Gasteiger partial charge in [-0.25, -0.2) is 8.42 Å². The summed E-state index contributed by atoms with van der Waals surface area (Å²) in [5, 5.41) is 7.89. The Kier molecular flexibility index (Phi) is 6.35. The number of hydrogen-bond acceptors (Lipinski definition) is 3. The summed E-state index contributed by atoms with van der Waals surface area (Å²) >= 11 is 7.97. The highest BCUT2D eigenvalue weighted by Gasteiger charge is 2.26. The zero-order chi connectivity index (χ0) is 17.2. The summed E-state index contributed by atoms with van der Waals surface area (Å²) in [6.45, 7) is 0. The fourth-order valence-electron chi connectivity index (χ4n) is 3.15. The van der Waals surface area contributed by atoms with E-state index in [-0.39, 0.29) is 12.3 Å². The normalized spacial score (nSPS) is 17.9. The Morgan fingerprint density at radius 3 is 2.48 bits per heavy atom. The van der Waals surface area contributed by atoms with E-state index in [0.29, 0.717) is 10.5 Å². The highest BCUT2D eigenvalue weighted by Crippen LogP contribution is 2.39. The molecule has 128 valence electrons. The van der Waals surface area contributed by atoms with Gasteiger partial charge in [-0.1, -0.05) is 19.3 Å². The molecule has 1 N–H and O–H groups in total. The van der Waals surface area contributed by atoms with Crippen LogP contribution in [0.2, 0.25) is 0 Å². The molecule has 1 aromatic rings. The maximum absolute atomic E-state index is 12.3. The number of rotatable bonds is 5. The van der Waals surface area contributed by atoms with E-state index in [1.165, 1.54) is 12.7 Å². The lowest BCUT2D eigenvalue weighted by Gasteiger charge is -2.25. The maximum atomic E-state index is 12.3. The lowest BCUT2D eigenvalue weighted by atomic mass is 9.83. The summed E-state index contributed by atoms with van der Waals surface area (Å²) in [7, 11) is -3.38. The lowest BCUT2D eigenvalue weighted by Crippen LogP contribution is -2.18. The molecule has 0 spiro atoms. The molecule has 1 unspecified atom stereocenters. The van der Waals surface area contributed by atoms with Crippen LogP contribution >= 0.6 is 34.2 Å². The number of aliphatic carboxylic acids is 1. The van der Waals surface area contributed by atoms with Crippen molar-refractivity contribution in [2.75, 3.05) is 6.26 Å². The van der Waals surface area contributed by atoms with Crippen LogP contribution in [0.25, 0.3) is 0 Å². The van der Waals surface area contributed by atoms with E-state index >= 15 is 0 Å². The van der Waals surface area contributed by atoms with Crippen molar-refractivity contribution in [2.24, 2.45) is 0 Å². The van der Waals surface area contributed by atoms with Crippen LogP contribution < -0.4 is 0 Å². The number of alkyl halides is 1. The van der Waals surface area contributed by atoms with Gasteiger partial charge in [-0.3, -0.25) is 4.79 Å². The minimum atomic E-state index is -3.38. The monoisotopic (exact) mass is 470 g/mol. The predicted octanol–water partition coefficient (Wildman–Crippen LogP) is 3.98. The zero-order valence-electron chi connectivity index (χ0n) is 12.9. The van der Waals surface area contributed by atoms with Gasteiger partial charge >= 0.3 is 5.97 Å². The second-order valence-corrected chi connectivity index (χ2v) is 9.78. The Bertz CT molecular complexity index is 696. The minimum Gasteiger partial charge on any atom is -0.480 e. The second-order valence-electron chi connectivity index (χ2n) is 6.11. The average molecular weight is 471 g/mol. The first-order valence-electron chi connectivity index (χ1n) is 7.59. The first-order valence-corrected chi connectivity index (χ1v) is 11.0. The van der Waals surface area contributed by atoms with Gasteiger partial charge in [0.1, 0.15) is 5.38 Å².